The molecule has 0 heterocycles. The molecule has 1 N–H and O–H groups in total. The SMILES string of the molecule is CCCCCCCCCCCCCC[N+](C)(C)CC(O)CI.[I-]. The van der Waals surface area contributed by atoms with Crippen LogP contribution < -0.4 is 24.0 Å². The van der Waals surface area contributed by atoms with Crippen molar-refractivity contribution < 1.29 is 33.6 Å². The average molecular weight is 553 g/mol. The van der Waals surface area contributed by atoms with Crippen LogP contribution in [0.15, 0.2) is 0 Å². The maximum absolute atomic E-state index is 9.76. The molecule has 0 aliphatic carbocycles. The van der Waals surface area contributed by atoms with Crippen LogP contribution in [-0.4, -0.2) is 47.3 Å². The van der Waals surface area contributed by atoms with Crippen molar-refractivity contribution in [1.82, 2.24) is 0 Å². The Labute approximate surface area is 176 Å². The Kier molecular flexibility index (Phi) is 21.0. The van der Waals surface area contributed by atoms with E-state index >= 15 is 0 Å². The zero-order chi connectivity index (χ0) is 16.7. The second kappa shape index (κ2) is 18.2. The van der Waals surface area contributed by atoms with Crippen LogP contribution in [0.25, 0.3) is 0 Å². The van der Waals surface area contributed by atoms with Gasteiger partial charge in [-0.05, 0) is 12.8 Å². The van der Waals surface area contributed by atoms with E-state index in [9.17, 15) is 5.11 Å². The number of quaternary nitrogens is 1. The Balaban J connectivity index is 0. The first-order valence-corrected chi connectivity index (χ1v) is 11.1. The van der Waals surface area contributed by atoms with E-state index in [0.29, 0.717) is 0 Å². The van der Waals surface area contributed by atoms with E-state index in [0.717, 1.165) is 15.5 Å². The molecule has 0 aromatic rings. The summed E-state index contributed by atoms with van der Waals surface area (Å²) in [5.74, 6) is 0. The summed E-state index contributed by atoms with van der Waals surface area (Å²) < 4.78 is 1.81. The molecule has 0 saturated carbocycles. The number of unbranched alkanes of at least 4 members (excludes halogenated alkanes) is 11. The van der Waals surface area contributed by atoms with Gasteiger partial charge in [0.1, 0.15) is 12.6 Å². The highest BCUT2D eigenvalue weighted by molar-refractivity contribution is 14.1. The lowest BCUT2D eigenvalue weighted by molar-refractivity contribution is -0.893. The number of halogens is 2. The molecule has 0 saturated heterocycles. The lowest BCUT2D eigenvalue weighted by Crippen LogP contribution is -3.00. The Morgan fingerprint density at radius 1 is 0.783 bits per heavy atom. The zero-order valence-corrected chi connectivity index (χ0v) is 20.1. The summed E-state index contributed by atoms with van der Waals surface area (Å²) in [7, 11) is 4.49. The van der Waals surface area contributed by atoms with E-state index in [1.165, 1.54) is 83.6 Å². The van der Waals surface area contributed by atoms with Crippen LogP contribution in [0.2, 0.25) is 0 Å². The standard InChI is InChI=1S/C19H41INO.HI/c1-4-5-6-7-8-9-10-11-12-13-14-15-16-21(2,3)18-19(22)17-20;/h19,22H,4-18H2,1-3H3;1H/q+1;/p-1. The van der Waals surface area contributed by atoms with E-state index in [1.54, 1.807) is 0 Å². The van der Waals surface area contributed by atoms with Gasteiger partial charge in [0.15, 0.2) is 0 Å². The number of rotatable bonds is 16. The van der Waals surface area contributed by atoms with Gasteiger partial charge in [0.2, 0.25) is 0 Å². The van der Waals surface area contributed by atoms with Crippen molar-refractivity contribution in [2.24, 2.45) is 0 Å². The van der Waals surface area contributed by atoms with Gasteiger partial charge >= 0.3 is 0 Å². The molecule has 23 heavy (non-hydrogen) atoms. The van der Waals surface area contributed by atoms with Gasteiger partial charge in [0.25, 0.3) is 0 Å². The highest BCUT2D eigenvalue weighted by atomic mass is 127. The Morgan fingerprint density at radius 3 is 1.57 bits per heavy atom. The second-order valence-electron chi connectivity index (χ2n) is 7.54. The highest BCUT2D eigenvalue weighted by Gasteiger charge is 2.18. The number of alkyl halides is 1. The molecule has 4 heteroatoms. The monoisotopic (exact) mass is 553 g/mol. The van der Waals surface area contributed by atoms with E-state index in [1.807, 2.05) is 0 Å². The molecule has 1 atom stereocenters. The van der Waals surface area contributed by atoms with Gasteiger partial charge in [-0.1, -0.05) is 93.7 Å². The van der Waals surface area contributed by atoms with E-state index in [2.05, 4.69) is 43.6 Å². The van der Waals surface area contributed by atoms with Gasteiger partial charge in [0.05, 0.1) is 20.6 Å². The van der Waals surface area contributed by atoms with Gasteiger partial charge in [-0.3, -0.25) is 0 Å². The minimum atomic E-state index is -0.145. The van der Waals surface area contributed by atoms with Crippen molar-refractivity contribution in [2.75, 3.05) is 31.6 Å². The predicted octanol–water partition coefficient (Wildman–Crippen LogP) is 2.56. The third kappa shape index (κ3) is 19.6. The molecule has 0 bridgehead atoms. The average Bonchev–Trinajstić information content (AvgIpc) is 2.47. The lowest BCUT2D eigenvalue weighted by atomic mass is 10.1. The third-order valence-corrected chi connectivity index (χ3v) is 5.52. The molecule has 0 radical (unpaired) electrons. The molecular weight excluding hydrogens is 512 g/mol. The number of aliphatic hydroxyl groups is 1. The summed E-state index contributed by atoms with van der Waals surface area (Å²) >= 11 is 2.27. The van der Waals surface area contributed by atoms with E-state index in [-0.39, 0.29) is 30.1 Å². The largest absolute Gasteiger partial charge is 1.00 e. The molecule has 0 aromatic heterocycles. The fourth-order valence-electron chi connectivity index (χ4n) is 3.09. The Hall–Kier alpha value is 1.38. The minimum absolute atomic E-state index is 0. The molecule has 0 fully saturated rings. The number of nitrogens with zero attached hydrogens (tertiary/aromatic N) is 1. The molecule has 0 rings (SSSR count). The van der Waals surface area contributed by atoms with Crippen molar-refractivity contribution in [3.05, 3.63) is 0 Å². The summed E-state index contributed by atoms with van der Waals surface area (Å²) in [6.45, 7) is 4.37. The fourth-order valence-corrected chi connectivity index (χ4v) is 3.37. The van der Waals surface area contributed by atoms with Gasteiger partial charge in [-0.2, -0.15) is 0 Å². The summed E-state index contributed by atoms with van der Waals surface area (Å²) in [6.07, 6.45) is 16.8. The van der Waals surface area contributed by atoms with Crippen molar-refractivity contribution in [3.8, 4) is 0 Å². The Morgan fingerprint density at radius 2 is 1.17 bits per heavy atom. The summed E-state index contributed by atoms with van der Waals surface area (Å²) in [5, 5.41) is 9.76. The number of likely N-dealkylation sites (N-methyl/N-ethyl adjacent to an activating group) is 1. The number of hydrogen-bond acceptors (Lipinski definition) is 1. The maximum atomic E-state index is 9.76. The molecular formula is C19H41I2NO. The highest BCUT2D eigenvalue weighted by Crippen LogP contribution is 2.13. The second-order valence-corrected chi connectivity index (χ2v) is 8.42. The summed E-state index contributed by atoms with van der Waals surface area (Å²) in [5.41, 5.74) is 0. The number of hydrogen-bond donors (Lipinski definition) is 1. The summed E-state index contributed by atoms with van der Waals surface area (Å²) in [6, 6.07) is 0. The topological polar surface area (TPSA) is 20.2 Å². The third-order valence-electron chi connectivity index (χ3n) is 4.50. The number of aliphatic hydroxyl groups excluding tert-OH is 1. The van der Waals surface area contributed by atoms with Crippen LogP contribution in [-0.2, 0) is 0 Å². The smallest absolute Gasteiger partial charge is 0.112 e. The van der Waals surface area contributed by atoms with Gasteiger partial charge < -0.3 is 33.6 Å². The molecule has 142 valence electrons. The molecule has 2 nitrogen and oxygen atoms in total. The fraction of sp³-hybridized carbons (Fsp3) is 1.00. The molecule has 0 aromatic carbocycles. The van der Waals surface area contributed by atoms with Crippen LogP contribution in [0, 0.1) is 0 Å². The molecule has 0 aliphatic rings. The van der Waals surface area contributed by atoms with Crippen LogP contribution >= 0.6 is 22.6 Å². The summed E-state index contributed by atoms with van der Waals surface area (Å²) in [4.78, 5) is 0. The van der Waals surface area contributed by atoms with Crippen LogP contribution in [0.3, 0.4) is 0 Å². The first-order chi connectivity index (χ1) is 10.5. The molecule has 1 unspecified atom stereocenters. The maximum Gasteiger partial charge on any atom is 0.112 e. The lowest BCUT2D eigenvalue weighted by Gasteiger charge is -2.31. The van der Waals surface area contributed by atoms with Crippen molar-refractivity contribution >= 4 is 22.6 Å². The quantitative estimate of drug-likeness (QED) is 0.135. The van der Waals surface area contributed by atoms with E-state index < -0.39 is 0 Å². The van der Waals surface area contributed by atoms with Crippen molar-refractivity contribution in [2.45, 2.75) is 90.1 Å². The normalized spacial score (nSPS) is 12.9. The molecule has 0 spiro atoms. The first kappa shape index (κ1) is 26.6. The van der Waals surface area contributed by atoms with Gasteiger partial charge in [0, 0.05) is 4.43 Å². The first-order valence-electron chi connectivity index (χ1n) is 9.58. The van der Waals surface area contributed by atoms with Crippen molar-refractivity contribution in [1.29, 1.82) is 0 Å². The van der Waals surface area contributed by atoms with Crippen LogP contribution in [0.5, 0.6) is 0 Å². The van der Waals surface area contributed by atoms with Gasteiger partial charge in [-0.15, -0.1) is 0 Å². The molecule has 0 aliphatic heterocycles. The van der Waals surface area contributed by atoms with Gasteiger partial charge in [-0.25, -0.2) is 0 Å². The predicted molar refractivity (Wildman–Crippen MR) is 108 cm³/mol. The minimum Gasteiger partial charge on any atom is -1.00 e. The van der Waals surface area contributed by atoms with Crippen LogP contribution in [0.4, 0.5) is 0 Å². The zero-order valence-electron chi connectivity index (χ0n) is 15.8. The van der Waals surface area contributed by atoms with Crippen LogP contribution in [0.1, 0.15) is 84.0 Å². The Bertz CT molecular complexity index is 237. The van der Waals surface area contributed by atoms with E-state index in [4.69, 9.17) is 0 Å². The molecule has 0 amide bonds. The van der Waals surface area contributed by atoms with Crippen molar-refractivity contribution in [3.63, 3.8) is 0 Å².